The number of allylic oxidation sites excluding steroid dienone is 2. The van der Waals surface area contributed by atoms with Gasteiger partial charge in [0.05, 0.1) is 19.5 Å². The van der Waals surface area contributed by atoms with E-state index < -0.39 is 67.4 Å². The largest absolute Gasteiger partial charge is 0.512 e. The van der Waals surface area contributed by atoms with Crippen molar-refractivity contribution in [3.63, 3.8) is 0 Å². The topological polar surface area (TPSA) is 56.7 Å². The summed E-state index contributed by atoms with van der Waals surface area (Å²) in [6.45, 7) is 14.0. The minimum atomic E-state index is -0.710. The van der Waals surface area contributed by atoms with E-state index in [1.54, 1.807) is 24.4 Å². The van der Waals surface area contributed by atoms with Crippen LogP contribution in [-0.2, 0) is 30.3 Å². The fraction of sp³-hybridized carbons (Fsp3) is 0.276. The molecular formula is C58H63BIrN3O2-. The number of hydrogen-bond donors (Lipinski definition) is 1. The van der Waals surface area contributed by atoms with Crippen LogP contribution < -0.4 is 15.1 Å². The quantitative estimate of drug-likeness (QED) is 0.0572. The maximum Gasteiger partial charge on any atom is 0.412 e. The molecule has 1 aromatic heterocycles. The summed E-state index contributed by atoms with van der Waals surface area (Å²) >= 11 is 0. The molecule has 0 aliphatic carbocycles. The summed E-state index contributed by atoms with van der Waals surface area (Å²) in [5.41, 5.74) is 7.12. The Morgan fingerprint density at radius 2 is 1.29 bits per heavy atom. The molecule has 0 bridgehead atoms. The van der Waals surface area contributed by atoms with Gasteiger partial charge in [0.15, 0.2) is 5.78 Å². The standard InChI is InChI=1S/C45H39BN3.C13H24O2.Ir/c1-45(2,3)40-28-36(27-35-19-12-13-20-37(35)40)41-29-34(25-26-47-41)33-23-24-42-43(30-33)49(5)46(48(42)4)44-38(31-15-8-6-9-16-31)21-14-22-39(44)32-17-10-7-11-18-32;1-5-10(6-2)12(14)9-13(15)11(7-3)8-4;/h6-26,28-30H,1-5H3;9-11,14H,5-8H2,1-4H3;/q-1;;/b;12-9-;/i6D,7D,8D,9D,10D,11D,15D,16D,17D,18D;;. The van der Waals surface area contributed by atoms with E-state index in [-0.39, 0.29) is 71.2 Å². The molecule has 65 heavy (non-hydrogen) atoms. The van der Waals surface area contributed by atoms with Crippen LogP contribution in [0.3, 0.4) is 0 Å². The monoisotopic (exact) mass is 1050 g/mol. The molecule has 7 heteroatoms. The molecule has 7 aromatic rings. The Morgan fingerprint density at radius 3 is 1.88 bits per heavy atom. The summed E-state index contributed by atoms with van der Waals surface area (Å²) in [5.74, 6) is 0.547. The van der Waals surface area contributed by atoms with Gasteiger partial charge in [-0.15, -0.1) is 29.1 Å². The zero-order valence-corrected chi connectivity index (χ0v) is 41.1. The number of nitrogens with zero attached hydrogens (tertiary/aromatic N) is 3. The Hall–Kier alpha value is -5.75. The Bertz CT molecular complexity index is 3190. The van der Waals surface area contributed by atoms with E-state index in [9.17, 15) is 9.90 Å². The van der Waals surface area contributed by atoms with E-state index in [1.165, 1.54) is 11.6 Å². The maximum atomic E-state index is 11.7. The van der Waals surface area contributed by atoms with Crippen molar-refractivity contribution in [2.45, 2.75) is 79.6 Å². The van der Waals surface area contributed by atoms with Gasteiger partial charge in [-0.05, 0) is 102 Å². The molecule has 0 saturated carbocycles. The van der Waals surface area contributed by atoms with E-state index in [0.29, 0.717) is 5.46 Å². The molecule has 0 saturated heterocycles. The second-order valence-electron chi connectivity index (χ2n) is 17.4. The van der Waals surface area contributed by atoms with E-state index >= 15 is 0 Å². The number of aromatic nitrogens is 1. The van der Waals surface area contributed by atoms with Crippen molar-refractivity contribution in [1.82, 2.24) is 4.98 Å². The first-order valence-corrected chi connectivity index (χ1v) is 22.3. The van der Waals surface area contributed by atoms with Crippen molar-refractivity contribution in [2.24, 2.45) is 11.8 Å². The fourth-order valence-corrected chi connectivity index (χ4v) is 8.77. The second-order valence-corrected chi connectivity index (χ2v) is 17.4. The van der Waals surface area contributed by atoms with Gasteiger partial charge in [-0.2, -0.15) is 0 Å². The Kier molecular flexibility index (Phi) is 12.1. The van der Waals surface area contributed by atoms with E-state index in [4.69, 9.17) is 18.7 Å². The number of pyridine rings is 1. The predicted octanol–water partition coefficient (Wildman–Crippen LogP) is 14.1. The number of carbonyl (C=O) groups excluding carboxylic acids is 1. The molecule has 0 unspecified atom stereocenters. The van der Waals surface area contributed by atoms with Crippen LogP contribution in [0.15, 0.2) is 157 Å². The molecule has 6 aromatic carbocycles. The number of benzene rings is 6. The van der Waals surface area contributed by atoms with Gasteiger partial charge in [0, 0.05) is 61.3 Å². The van der Waals surface area contributed by atoms with Crippen molar-refractivity contribution in [3.8, 4) is 44.6 Å². The van der Waals surface area contributed by atoms with Gasteiger partial charge in [-0.25, -0.2) is 0 Å². The molecule has 0 atom stereocenters. The Morgan fingerprint density at radius 1 is 0.723 bits per heavy atom. The summed E-state index contributed by atoms with van der Waals surface area (Å²) < 4.78 is 86.3. The molecule has 1 aliphatic heterocycles. The van der Waals surface area contributed by atoms with E-state index in [0.717, 1.165) is 70.2 Å². The average Bonchev–Trinajstić information content (AvgIpc) is 3.63. The van der Waals surface area contributed by atoms with Crippen LogP contribution in [0.1, 0.15) is 93.4 Å². The van der Waals surface area contributed by atoms with Gasteiger partial charge in [-0.1, -0.05) is 168 Å². The zero-order chi connectivity index (χ0) is 54.2. The number of aliphatic hydroxyl groups excluding tert-OH is 1. The van der Waals surface area contributed by atoms with Crippen LogP contribution in [0, 0.1) is 17.9 Å². The predicted molar refractivity (Wildman–Crippen MR) is 274 cm³/mol. The fourth-order valence-electron chi connectivity index (χ4n) is 8.77. The van der Waals surface area contributed by atoms with Crippen molar-refractivity contribution >= 4 is 40.4 Å². The third-order valence-electron chi connectivity index (χ3n) is 12.4. The van der Waals surface area contributed by atoms with Crippen molar-refractivity contribution in [1.29, 1.82) is 0 Å². The number of fused-ring (bicyclic) bond motifs is 2. The molecule has 1 radical (unpaired) electrons. The Labute approximate surface area is 416 Å². The molecular weight excluding hydrogens is 974 g/mol. The molecule has 0 fully saturated rings. The summed E-state index contributed by atoms with van der Waals surface area (Å²) in [6, 6.07) is 24.3. The molecule has 1 N–H and O–H groups in total. The number of anilines is 2. The van der Waals surface area contributed by atoms with Crippen LogP contribution in [0.2, 0.25) is 0 Å². The molecule has 0 spiro atoms. The van der Waals surface area contributed by atoms with Gasteiger partial charge in [0.1, 0.15) is 0 Å². The second kappa shape index (κ2) is 21.5. The summed E-state index contributed by atoms with van der Waals surface area (Å²) in [6.07, 6.45) is 6.70. The maximum absolute atomic E-state index is 11.7. The van der Waals surface area contributed by atoms with Crippen molar-refractivity contribution in [3.05, 3.63) is 169 Å². The van der Waals surface area contributed by atoms with Gasteiger partial charge in [0.2, 0.25) is 0 Å². The third-order valence-corrected chi connectivity index (χ3v) is 12.4. The minimum Gasteiger partial charge on any atom is -0.512 e. The van der Waals surface area contributed by atoms with Gasteiger partial charge >= 0.3 is 6.98 Å². The zero-order valence-electron chi connectivity index (χ0n) is 48.8. The first-order chi connectivity index (χ1) is 35.0. The van der Waals surface area contributed by atoms with Crippen LogP contribution in [0.4, 0.5) is 11.4 Å². The van der Waals surface area contributed by atoms with Crippen LogP contribution >= 0.6 is 0 Å². The SMILES string of the molecule is CCC(CC)C(=O)/C=C(\O)C(CC)CC.[2H]c1c([2H])c([2H])c(-c2cccc(-c3c([2H])c([2H])c([2H])c([2H])c3[2H])c2B2N(C)c3ccc(-c4ccnc(-c5[c-]c6ccccc6c(C(C)(C)C)c5)c4)cc3N2C)c([2H])c1[2H].[Ir]. The van der Waals surface area contributed by atoms with E-state index in [2.05, 4.69) is 57.2 Å². The van der Waals surface area contributed by atoms with Crippen molar-refractivity contribution in [2.75, 3.05) is 23.7 Å². The molecule has 1 aliphatic rings. The van der Waals surface area contributed by atoms with Gasteiger partial charge < -0.3 is 14.7 Å². The van der Waals surface area contributed by atoms with Crippen LogP contribution in [-0.4, -0.2) is 37.0 Å². The number of carbonyl (C=O) groups is 1. The molecule has 5 nitrogen and oxygen atoms in total. The number of rotatable bonds is 12. The summed E-state index contributed by atoms with van der Waals surface area (Å²) in [4.78, 5) is 20.5. The van der Waals surface area contributed by atoms with Gasteiger partial charge in [-0.3, -0.25) is 9.78 Å². The van der Waals surface area contributed by atoms with Crippen molar-refractivity contribution < 1.29 is 43.7 Å². The number of hydrogen-bond acceptors (Lipinski definition) is 5. The molecule has 2 heterocycles. The number of ketones is 1. The molecule has 0 amide bonds. The normalized spacial score (nSPS) is 14.8. The van der Waals surface area contributed by atoms with Gasteiger partial charge in [0.25, 0.3) is 0 Å². The first-order valence-electron chi connectivity index (χ1n) is 27.3. The average molecular weight is 1050 g/mol. The summed E-state index contributed by atoms with van der Waals surface area (Å²) in [5, 5.41) is 11.9. The van der Waals surface area contributed by atoms with E-state index in [1.807, 2.05) is 81.7 Å². The molecule has 335 valence electrons. The first kappa shape index (κ1) is 36.5. The smallest absolute Gasteiger partial charge is 0.412 e. The minimum absolute atomic E-state index is 0. The molecule has 8 rings (SSSR count). The summed E-state index contributed by atoms with van der Waals surface area (Å²) in [7, 11) is 3.77. The van der Waals surface area contributed by atoms with Crippen LogP contribution in [0.5, 0.6) is 0 Å². The number of aliphatic hydroxyl groups is 1. The Balaban J connectivity index is 0.000000498. The van der Waals surface area contributed by atoms with Crippen LogP contribution in [0.25, 0.3) is 55.4 Å². The third kappa shape index (κ3) is 10.5.